The second kappa shape index (κ2) is 8.39. The van der Waals surface area contributed by atoms with Crippen LogP contribution in [0.15, 0.2) is 79.0 Å². The van der Waals surface area contributed by atoms with Crippen LogP contribution in [-0.4, -0.2) is 22.4 Å². The molecule has 0 saturated heterocycles. The quantitative estimate of drug-likeness (QED) is 0.292. The van der Waals surface area contributed by atoms with Gasteiger partial charge in [0.05, 0.1) is 5.52 Å². The molecule has 0 amide bonds. The van der Waals surface area contributed by atoms with Gasteiger partial charge in [0, 0.05) is 16.6 Å². The minimum Gasteiger partial charge on any atom is -0.508 e. The minimum atomic E-state index is -5.73. The van der Waals surface area contributed by atoms with Gasteiger partial charge in [0.25, 0.3) is 0 Å². The summed E-state index contributed by atoms with van der Waals surface area (Å²) in [6.45, 7) is 0. The minimum absolute atomic E-state index is 0.0233. The topological polar surface area (TPSA) is 42.4 Å². The van der Waals surface area contributed by atoms with Gasteiger partial charge < -0.3 is 9.84 Å². The first-order chi connectivity index (χ1) is 15.9. The Morgan fingerprint density at radius 2 is 1.29 bits per heavy atom. The molecule has 1 N–H and O–H groups in total. The normalized spacial score (nSPS) is 12.7. The number of nitrogens with zero attached hydrogens (tertiary/aromatic N) is 1. The van der Waals surface area contributed by atoms with Crippen LogP contribution in [0.2, 0.25) is 5.02 Å². The first-order valence-corrected chi connectivity index (χ1v) is 10.1. The molecule has 0 aliphatic rings. The number of alkyl halides is 6. The van der Waals surface area contributed by atoms with Crippen LogP contribution in [0.3, 0.4) is 0 Å². The van der Waals surface area contributed by atoms with E-state index in [4.69, 9.17) is 16.3 Å². The SMILES string of the molecule is Oc1ccc(C(c2ccc(Oc3ccnc4cc(Cl)ccc34)cc2)(C(F)(F)F)C(F)(F)F)cc1. The molecule has 10 heteroatoms. The fraction of sp³-hybridized carbons (Fsp3) is 0.125. The third-order valence-electron chi connectivity index (χ3n) is 5.33. The van der Waals surface area contributed by atoms with Gasteiger partial charge in [-0.05, 0) is 59.7 Å². The van der Waals surface area contributed by atoms with Crippen LogP contribution < -0.4 is 4.74 Å². The van der Waals surface area contributed by atoms with Crippen molar-refractivity contribution in [1.82, 2.24) is 4.98 Å². The number of hydrogen-bond acceptors (Lipinski definition) is 3. The van der Waals surface area contributed by atoms with E-state index in [0.29, 0.717) is 33.8 Å². The lowest BCUT2D eigenvalue weighted by atomic mass is 9.73. The van der Waals surface area contributed by atoms with Gasteiger partial charge in [0.1, 0.15) is 17.2 Å². The summed E-state index contributed by atoms with van der Waals surface area (Å²) >= 11 is 5.95. The van der Waals surface area contributed by atoms with Crippen LogP contribution >= 0.6 is 11.6 Å². The fourth-order valence-electron chi connectivity index (χ4n) is 3.78. The zero-order valence-corrected chi connectivity index (χ0v) is 17.7. The van der Waals surface area contributed by atoms with E-state index in [-0.39, 0.29) is 5.75 Å². The molecule has 0 spiro atoms. The molecule has 4 aromatic rings. The van der Waals surface area contributed by atoms with Crippen molar-refractivity contribution in [2.24, 2.45) is 0 Å². The fourth-order valence-corrected chi connectivity index (χ4v) is 3.94. The Bertz CT molecular complexity index is 1300. The Balaban J connectivity index is 1.79. The van der Waals surface area contributed by atoms with E-state index in [1.807, 2.05) is 0 Å². The first kappa shape index (κ1) is 23.7. The summed E-state index contributed by atoms with van der Waals surface area (Å²) in [5.74, 6) is -0.141. The van der Waals surface area contributed by atoms with Gasteiger partial charge >= 0.3 is 12.4 Å². The van der Waals surface area contributed by atoms with Gasteiger partial charge in [0.15, 0.2) is 0 Å². The van der Waals surface area contributed by atoms with Crippen LogP contribution in [0, 0.1) is 0 Å². The molecule has 0 bridgehead atoms. The van der Waals surface area contributed by atoms with E-state index in [1.165, 1.54) is 12.3 Å². The number of rotatable bonds is 4. The zero-order valence-electron chi connectivity index (χ0n) is 17.0. The van der Waals surface area contributed by atoms with Gasteiger partial charge in [-0.2, -0.15) is 26.3 Å². The van der Waals surface area contributed by atoms with Crippen molar-refractivity contribution >= 4 is 22.5 Å². The third kappa shape index (κ3) is 4.00. The number of benzene rings is 3. The highest BCUT2D eigenvalue weighted by molar-refractivity contribution is 6.31. The van der Waals surface area contributed by atoms with Gasteiger partial charge in [-0.1, -0.05) is 35.9 Å². The lowest BCUT2D eigenvalue weighted by Gasteiger charge is -2.38. The number of halogens is 7. The van der Waals surface area contributed by atoms with Gasteiger partial charge in [-0.15, -0.1) is 0 Å². The number of ether oxygens (including phenoxy) is 1. The molecule has 1 aromatic heterocycles. The van der Waals surface area contributed by atoms with Crippen molar-refractivity contribution in [2.75, 3.05) is 0 Å². The summed E-state index contributed by atoms with van der Waals surface area (Å²) in [5, 5.41) is 10.4. The van der Waals surface area contributed by atoms with Crippen molar-refractivity contribution in [2.45, 2.75) is 17.8 Å². The Kier molecular flexibility index (Phi) is 5.85. The molecule has 0 saturated carbocycles. The van der Waals surface area contributed by atoms with E-state index < -0.39 is 34.6 Å². The summed E-state index contributed by atoms with van der Waals surface area (Å²) in [6, 6.07) is 12.6. The number of hydrogen-bond donors (Lipinski definition) is 1. The summed E-state index contributed by atoms with van der Waals surface area (Å²) in [4.78, 5) is 4.15. The number of fused-ring (bicyclic) bond motifs is 1. The van der Waals surface area contributed by atoms with Crippen molar-refractivity contribution < 1.29 is 36.2 Å². The molecule has 4 rings (SSSR count). The monoisotopic (exact) mass is 497 g/mol. The molecular weight excluding hydrogens is 484 g/mol. The maximum Gasteiger partial charge on any atom is 0.411 e. The molecular formula is C24H14ClF6NO2. The molecule has 34 heavy (non-hydrogen) atoms. The second-order valence-electron chi connectivity index (χ2n) is 7.39. The maximum absolute atomic E-state index is 14.2. The Labute approximate surface area is 194 Å². The van der Waals surface area contributed by atoms with Crippen molar-refractivity contribution in [3.05, 3.63) is 95.1 Å². The van der Waals surface area contributed by atoms with E-state index in [2.05, 4.69) is 4.98 Å². The van der Waals surface area contributed by atoms with Crippen LogP contribution in [0.25, 0.3) is 10.9 Å². The van der Waals surface area contributed by atoms with Gasteiger partial charge in [-0.25, -0.2) is 0 Å². The Hall–Kier alpha value is -3.46. The highest BCUT2D eigenvalue weighted by atomic mass is 35.5. The van der Waals surface area contributed by atoms with Crippen molar-refractivity contribution in [1.29, 1.82) is 0 Å². The Morgan fingerprint density at radius 3 is 1.85 bits per heavy atom. The average molecular weight is 498 g/mol. The second-order valence-corrected chi connectivity index (χ2v) is 7.83. The lowest BCUT2D eigenvalue weighted by Crippen LogP contribution is -2.54. The number of aromatic nitrogens is 1. The zero-order chi connectivity index (χ0) is 24.7. The smallest absolute Gasteiger partial charge is 0.411 e. The van der Waals surface area contributed by atoms with Crippen LogP contribution in [0.5, 0.6) is 17.2 Å². The van der Waals surface area contributed by atoms with Crippen LogP contribution in [-0.2, 0) is 5.41 Å². The molecule has 1 heterocycles. The largest absolute Gasteiger partial charge is 0.508 e. The maximum atomic E-state index is 14.2. The van der Waals surface area contributed by atoms with E-state index in [1.54, 1.807) is 18.2 Å². The Morgan fingerprint density at radius 1 is 0.735 bits per heavy atom. The predicted octanol–water partition coefficient (Wildman–Crippen LogP) is 7.80. The molecule has 3 aromatic carbocycles. The number of aromatic hydroxyl groups is 1. The standard InChI is InChI=1S/C24H14ClF6NO2/c25-16-5-10-19-20(13-16)32-12-11-21(19)34-18-8-3-15(4-9-18)22(23(26,27)28,24(29,30)31)14-1-6-17(33)7-2-14/h1-13,33H. The van der Waals surface area contributed by atoms with Crippen LogP contribution in [0.1, 0.15) is 11.1 Å². The third-order valence-corrected chi connectivity index (χ3v) is 5.57. The van der Waals surface area contributed by atoms with E-state index >= 15 is 0 Å². The highest BCUT2D eigenvalue weighted by Gasteiger charge is 2.72. The summed E-state index contributed by atoms with van der Waals surface area (Å²) in [5.41, 5.74) is -5.93. The first-order valence-electron chi connectivity index (χ1n) is 9.69. The number of pyridine rings is 1. The molecule has 0 atom stereocenters. The van der Waals surface area contributed by atoms with Crippen LogP contribution in [0.4, 0.5) is 26.3 Å². The number of phenols is 1. The van der Waals surface area contributed by atoms with Crippen molar-refractivity contribution in [3.8, 4) is 17.2 Å². The lowest BCUT2D eigenvalue weighted by molar-refractivity contribution is -0.288. The van der Waals surface area contributed by atoms with E-state index in [0.717, 1.165) is 36.4 Å². The molecule has 0 unspecified atom stereocenters. The summed E-state index contributed by atoms with van der Waals surface area (Å²) < 4.78 is 90.7. The number of phenolic OH excluding ortho intramolecular Hbond substituents is 1. The average Bonchev–Trinajstić information content (AvgIpc) is 2.74. The predicted molar refractivity (Wildman–Crippen MR) is 114 cm³/mol. The summed E-state index contributed by atoms with van der Waals surface area (Å²) in [6.07, 6.45) is -10.0. The summed E-state index contributed by atoms with van der Waals surface area (Å²) in [7, 11) is 0. The highest BCUT2D eigenvalue weighted by Crippen LogP contribution is 2.56. The molecule has 0 aliphatic heterocycles. The van der Waals surface area contributed by atoms with Gasteiger partial charge in [0.2, 0.25) is 5.41 Å². The molecule has 0 radical (unpaired) electrons. The molecule has 0 fully saturated rings. The molecule has 176 valence electrons. The van der Waals surface area contributed by atoms with Gasteiger partial charge in [-0.3, -0.25) is 4.98 Å². The molecule has 0 aliphatic carbocycles. The van der Waals surface area contributed by atoms with E-state index in [9.17, 15) is 31.4 Å². The van der Waals surface area contributed by atoms with Crippen molar-refractivity contribution in [3.63, 3.8) is 0 Å². The molecule has 3 nitrogen and oxygen atoms in total.